The second-order valence-electron chi connectivity index (χ2n) is 5.32. The summed E-state index contributed by atoms with van der Waals surface area (Å²) in [5, 5.41) is 0. The topological polar surface area (TPSA) is 38.8 Å². The van der Waals surface area contributed by atoms with Crippen LogP contribution in [0.4, 0.5) is 0 Å². The third kappa shape index (κ3) is 4.61. The van der Waals surface area contributed by atoms with Gasteiger partial charge < -0.3 is 9.47 Å². The van der Waals surface area contributed by atoms with E-state index in [1.807, 2.05) is 60.7 Å². The maximum Gasteiger partial charge on any atom is 0.265 e. The summed E-state index contributed by atoms with van der Waals surface area (Å²) in [5.41, 5.74) is 0.932. The van der Waals surface area contributed by atoms with E-state index in [0.29, 0.717) is 22.4 Å². The monoisotopic (exact) mass is 371 g/mol. The van der Waals surface area contributed by atoms with Crippen LogP contribution in [0, 0.1) is 0 Å². The second kappa shape index (κ2) is 8.18. The SMILES string of the molecule is CN1C(=O)/C(=C/c2ccc(OCCOc3ccccc3)cc2)SC1=S. The number of likely N-dealkylation sites (N-methyl/N-ethyl adjacent to an activating group) is 1. The van der Waals surface area contributed by atoms with Crippen LogP contribution in [-0.4, -0.2) is 35.4 Å². The van der Waals surface area contributed by atoms with Gasteiger partial charge in [0.2, 0.25) is 0 Å². The lowest BCUT2D eigenvalue weighted by molar-refractivity contribution is -0.121. The van der Waals surface area contributed by atoms with Crippen molar-refractivity contribution in [2.24, 2.45) is 0 Å². The van der Waals surface area contributed by atoms with Crippen LogP contribution in [0.5, 0.6) is 11.5 Å². The van der Waals surface area contributed by atoms with E-state index in [9.17, 15) is 4.79 Å². The molecule has 3 rings (SSSR count). The van der Waals surface area contributed by atoms with Crippen LogP contribution in [0.2, 0.25) is 0 Å². The Bertz CT molecular complexity index is 788. The number of para-hydroxylation sites is 1. The van der Waals surface area contributed by atoms with Gasteiger partial charge in [-0.15, -0.1) is 0 Å². The van der Waals surface area contributed by atoms with Gasteiger partial charge in [-0.25, -0.2) is 0 Å². The van der Waals surface area contributed by atoms with Crippen LogP contribution in [0.15, 0.2) is 59.5 Å². The summed E-state index contributed by atoms with van der Waals surface area (Å²) in [6.07, 6.45) is 1.84. The number of hydrogen-bond acceptors (Lipinski definition) is 5. The first-order chi connectivity index (χ1) is 12.1. The van der Waals surface area contributed by atoms with Gasteiger partial charge >= 0.3 is 0 Å². The van der Waals surface area contributed by atoms with Gasteiger partial charge in [-0.1, -0.05) is 54.3 Å². The number of nitrogens with zero attached hydrogens (tertiary/aromatic N) is 1. The van der Waals surface area contributed by atoms with E-state index in [1.165, 1.54) is 16.7 Å². The molecule has 0 radical (unpaired) electrons. The normalized spacial score (nSPS) is 15.7. The molecule has 1 fully saturated rings. The van der Waals surface area contributed by atoms with Gasteiger partial charge in [0.25, 0.3) is 5.91 Å². The van der Waals surface area contributed by atoms with Crippen molar-refractivity contribution in [3.63, 3.8) is 0 Å². The minimum atomic E-state index is -0.0617. The average molecular weight is 371 g/mol. The zero-order valence-electron chi connectivity index (χ0n) is 13.7. The van der Waals surface area contributed by atoms with Crippen molar-refractivity contribution in [2.75, 3.05) is 20.3 Å². The minimum absolute atomic E-state index is 0.0617. The predicted octanol–water partition coefficient (Wildman–Crippen LogP) is 3.98. The van der Waals surface area contributed by atoms with Crippen molar-refractivity contribution in [3.05, 3.63) is 65.1 Å². The number of benzene rings is 2. The molecule has 2 aromatic carbocycles. The fraction of sp³-hybridized carbons (Fsp3) is 0.158. The van der Waals surface area contributed by atoms with Crippen molar-refractivity contribution in [2.45, 2.75) is 0 Å². The van der Waals surface area contributed by atoms with E-state index in [0.717, 1.165) is 17.1 Å². The Kier molecular flexibility index (Phi) is 5.73. The lowest BCUT2D eigenvalue weighted by Gasteiger charge is -2.08. The van der Waals surface area contributed by atoms with E-state index in [2.05, 4.69) is 0 Å². The fourth-order valence-corrected chi connectivity index (χ4v) is 3.37. The van der Waals surface area contributed by atoms with Crippen molar-refractivity contribution >= 4 is 40.3 Å². The Morgan fingerprint density at radius 1 is 1.00 bits per heavy atom. The number of rotatable bonds is 6. The molecule has 0 bridgehead atoms. The summed E-state index contributed by atoms with van der Waals surface area (Å²) in [4.78, 5) is 14.1. The standard InChI is InChI=1S/C19H17NO3S2/c1-20-18(21)17(25-19(20)24)13-14-7-9-16(10-8-14)23-12-11-22-15-5-3-2-4-6-15/h2-10,13H,11-12H2,1H3/b17-13-. The molecule has 6 heteroatoms. The smallest absolute Gasteiger partial charge is 0.265 e. The summed E-state index contributed by atoms with van der Waals surface area (Å²) in [5.74, 6) is 1.53. The molecule has 1 aliphatic rings. The molecule has 1 heterocycles. The molecule has 1 saturated heterocycles. The predicted molar refractivity (Wildman–Crippen MR) is 105 cm³/mol. The highest BCUT2D eigenvalue weighted by molar-refractivity contribution is 8.26. The highest BCUT2D eigenvalue weighted by Crippen LogP contribution is 2.31. The van der Waals surface area contributed by atoms with Crippen molar-refractivity contribution in [1.29, 1.82) is 0 Å². The van der Waals surface area contributed by atoms with Crippen molar-refractivity contribution in [1.82, 2.24) is 4.90 Å². The molecule has 0 atom stereocenters. The van der Waals surface area contributed by atoms with Crippen LogP contribution in [0.25, 0.3) is 6.08 Å². The Balaban J connectivity index is 1.51. The first-order valence-corrected chi connectivity index (χ1v) is 8.98. The summed E-state index contributed by atoms with van der Waals surface area (Å²) in [6, 6.07) is 17.2. The molecular formula is C19H17NO3S2. The molecule has 25 heavy (non-hydrogen) atoms. The van der Waals surface area contributed by atoms with Crippen molar-refractivity contribution in [3.8, 4) is 11.5 Å². The molecule has 1 amide bonds. The van der Waals surface area contributed by atoms with Crippen LogP contribution in [0.3, 0.4) is 0 Å². The molecule has 128 valence electrons. The molecule has 0 N–H and O–H groups in total. The van der Waals surface area contributed by atoms with E-state index in [1.54, 1.807) is 7.05 Å². The lowest BCUT2D eigenvalue weighted by atomic mass is 10.2. The van der Waals surface area contributed by atoms with Crippen LogP contribution in [0.1, 0.15) is 5.56 Å². The zero-order chi connectivity index (χ0) is 17.6. The van der Waals surface area contributed by atoms with E-state index in [4.69, 9.17) is 21.7 Å². The molecular weight excluding hydrogens is 354 g/mol. The highest BCUT2D eigenvalue weighted by atomic mass is 32.2. The molecule has 0 aliphatic carbocycles. The molecule has 0 saturated carbocycles. The number of carbonyl (C=O) groups excluding carboxylic acids is 1. The molecule has 4 nitrogen and oxygen atoms in total. The number of hydrogen-bond donors (Lipinski definition) is 0. The number of carbonyl (C=O) groups is 1. The molecule has 0 spiro atoms. The summed E-state index contributed by atoms with van der Waals surface area (Å²) < 4.78 is 11.8. The summed E-state index contributed by atoms with van der Waals surface area (Å²) in [7, 11) is 1.69. The van der Waals surface area contributed by atoms with Gasteiger partial charge in [-0.3, -0.25) is 9.69 Å². The van der Waals surface area contributed by atoms with Gasteiger partial charge in [0.15, 0.2) is 0 Å². The van der Waals surface area contributed by atoms with E-state index < -0.39 is 0 Å². The fourth-order valence-electron chi connectivity index (χ4n) is 2.19. The lowest BCUT2D eigenvalue weighted by Crippen LogP contribution is -2.22. The quantitative estimate of drug-likeness (QED) is 0.436. The minimum Gasteiger partial charge on any atom is -0.490 e. The third-order valence-electron chi connectivity index (χ3n) is 3.53. The molecule has 0 unspecified atom stereocenters. The van der Waals surface area contributed by atoms with E-state index in [-0.39, 0.29) is 5.91 Å². The largest absolute Gasteiger partial charge is 0.490 e. The number of amides is 1. The average Bonchev–Trinajstić information content (AvgIpc) is 2.88. The summed E-state index contributed by atoms with van der Waals surface area (Å²) >= 11 is 6.44. The Labute approximate surface area is 156 Å². The number of thiocarbonyl (C=S) groups is 1. The van der Waals surface area contributed by atoms with Crippen LogP contribution < -0.4 is 9.47 Å². The first-order valence-electron chi connectivity index (χ1n) is 7.76. The Morgan fingerprint density at radius 3 is 2.16 bits per heavy atom. The number of thioether (sulfide) groups is 1. The van der Waals surface area contributed by atoms with Crippen molar-refractivity contribution < 1.29 is 14.3 Å². The van der Waals surface area contributed by atoms with Gasteiger partial charge in [-0.2, -0.15) is 0 Å². The Morgan fingerprint density at radius 2 is 1.60 bits per heavy atom. The Hall–Kier alpha value is -2.31. The van der Waals surface area contributed by atoms with Crippen LogP contribution >= 0.6 is 24.0 Å². The van der Waals surface area contributed by atoms with Crippen LogP contribution in [-0.2, 0) is 4.79 Å². The van der Waals surface area contributed by atoms with Gasteiger partial charge in [0, 0.05) is 7.05 Å². The maximum atomic E-state index is 12.0. The molecule has 1 aliphatic heterocycles. The maximum absolute atomic E-state index is 12.0. The molecule has 0 aromatic heterocycles. The second-order valence-corrected chi connectivity index (χ2v) is 7.00. The first kappa shape index (κ1) is 17.5. The summed E-state index contributed by atoms with van der Waals surface area (Å²) in [6.45, 7) is 0.938. The molecule has 2 aromatic rings. The zero-order valence-corrected chi connectivity index (χ0v) is 15.3. The van der Waals surface area contributed by atoms with Gasteiger partial charge in [-0.05, 0) is 35.9 Å². The number of ether oxygens (including phenoxy) is 2. The van der Waals surface area contributed by atoms with Gasteiger partial charge in [0.1, 0.15) is 29.0 Å². The third-order valence-corrected chi connectivity index (χ3v) is 5.01. The van der Waals surface area contributed by atoms with Gasteiger partial charge in [0.05, 0.1) is 4.91 Å². The highest BCUT2D eigenvalue weighted by Gasteiger charge is 2.28. The van der Waals surface area contributed by atoms with E-state index >= 15 is 0 Å².